The summed E-state index contributed by atoms with van der Waals surface area (Å²) >= 11 is 4.78. The van der Waals surface area contributed by atoms with Gasteiger partial charge in [0.05, 0.1) is 12.3 Å². The fraction of sp³-hybridized carbons (Fsp3) is 0.364. The minimum atomic E-state index is 0.223. The van der Waals surface area contributed by atoms with E-state index < -0.39 is 0 Å². The average molecular weight is 240 g/mol. The van der Waals surface area contributed by atoms with E-state index in [2.05, 4.69) is 5.32 Å². The lowest BCUT2D eigenvalue weighted by atomic mass is 10.3. The van der Waals surface area contributed by atoms with E-state index in [-0.39, 0.29) is 5.11 Å². The minimum absolute atomic E-state index is 0.223. The van der Waals surface area contributed by atoms with Crippen LogP contribution in [-0.2, 0) is 4.74 Å². The highest BCUT2D eigenvalue weighted by atomic mass is 32.1. The average Bonchev–Trinajstić information content (AvgIpc) is 2.26. The van der Waals surface area contributed by atoms with Gasteiger partial charge in [0, 0.05) is 6.61 Å². The Balaban J connectivity index is 2.53. The quantitative estimate of drug-likeness (QED) is 0.586. The van der Waals surface area contributed by atoms with Crippen molar-refractivity contribution in [2.45, 2.75) is 6.92 Å². The van der Waals surface area contributed by atoms with Gasteiger partial charge in [-0.1, -0.05) is 12.1 Å². The smallest absolute Gasteiger partial charge is 0.168 e. The molecule has 0 aliphatic heterocycles. The van der Waals surface area contributed by atoms with Crippen molar-refractivity contribution >= 4 is 23.0 Å². The van der Waals surface area contributed by atoms with E-state index in [0.29, 0.717) is 19.8 Å². The molecule has 88 valence electrons. The molecule has 0 spiro atoms. The van der Waals surface area contributed by atoms with Gasteiger partial charge in [0.2, 0.25) is 0 Å². The van der Waals surface area contributed by atoms with Gasteiger partial charge in [-0.2, -0.15) is 0 Å². The number of hydrogen-bond donors (Lipinski definition) is 2. The van der Waals surface area contributed by atoms with Crippen LogP contribution in [0.1, 0.15) is 6.92 Å². The molecule has 0 bridgehead atoms. The maximum atomic E-state index is 5.54. The van der Waals surface area contributed by atoms with Gasteiger partial charge >= 0.3 is 0 Å². The number of para-hydroxylation sites is 2. The van der Waals surface area contributed by atoms with E-state index in [1.54, 1.807) is 0 Å². The highest BCUT2D eigenvalue weighted by Gasteiger charge is 2.02. The molecule has 0 aromatic heterocycles. The van der Waals surface area contributed by atoms with Crippen molar-refractivity contribution in [2.24, 2.45) is 5.73 Å². The van der Waals surface area contributed by atoms with Crippen LogP contribution >= 0.6 is 12.2 Å². The second-order valence-corrected chi connectivity index (χ2v) is 3.47. The Morgan fingerprint density at radius 1 is 1.38 bits per heavy atom. The number of hydrogen-bond acceptors (Lipinski definition) is 3. The van der Waals surface area contributed by atoms with E-state index in [9.17, 15) is 0 Å². The van der Waals surface area contributed by atoms with Crippen LogP contribution in [0.25, 0.3) is 0 Å². The molecular weight excluding hydrogens is 224 g/mol. The Morgan fingerprint density at radius 3 is 2.81 bits per heavy atom. The standard InChI is InChI=1S/C11H16N2O2S/c1-2-14-7-8-15-10-6-4-3-5-9(10)13-11(12)16/h3-6H,2,7-8H2,1H3,(H3,12,13,16). The van der Waals surface area contributed by atoms with Gasteiger partial charge in [-0.05, 0) is 31.3 Å². The summed E-state index contributed by atoms with van der Waals surface area (Å²) in [6.45, 7) is 3.71. The molecular formula is C11H16N2O2S. The normalized spacial score (nSPS) is 9.81. The molecule has 3 N–H and O–H groups in total. The Morgan fingerprint density at radius 2 is 2.12 bits per heavy atom. The van der Waals surface area contributed by atoms with Crippen LogP contribution in [0.4, 0.5) is 5.69 Å². The van der Waals surface area contributed by atoms with Crippen molar-refractivity contribution < 1.29 is 9.47 Å². The first kappa shape index (κ1) is 12.7. The molecule has 0 saturated carbocycles. The Labute approximate surface area is 101 Å². The van der Waals surface area contributed by atoms with Crippen LogP contribution in [0.2, 0.25) is 0 Å². The molecule has 0 saturated heterocycles. The highest BCUT2D eigenvalue weighted by Crippen LogP contribution is 2.23. The summed E-state index contributed by atoms with van der Waals surface area (Å²) in [5.41, 5.74) is 6.18. The van der Waals surface area contributed by atoms with E-state index in [0.717, 1.165) is 11.4 Å². The van der Waals surface area contributed by atoms with Gasteiger partial charge in [-0.25, -0.2) is 0 Å². The maximum Gasteiger partial charge on any atom is 0.168 e. The van der Waals surface area contributed by atoms with Crippen molar-refractivity contribution in [3.05, 3.63) is 24.3 Å². The molecule has 1 aromatic carbocycles. The van der Waals surface area contributed by atoms with Gasteiger partial charge in [-0.3, -0.25) is 0 Å². The molecule has 1 rings (SSSR count). The van der Waals surface area contributed by atoms with Crippen molar-refractivity contribution in [3.63, 3.8) is 0 Å². The van der Waals surface area contributed by atoms with E-state index in [4.69, 9.17) is 27.4 Å². The second-order valence-electron chi connectivity index (χ2n) is 3.03. The first-order valence-electron chi connectivity index (χ1n) is 5.10. The summed E-state index contributed by atoms with van der Waals surface area (Å²) in [5, 5.41) is 3.08. The SMILES string of the molecule is CCOCCOc1ccccc1NC(N)=S. The van der Waals surface area contributed by atoms with Crippen LogP contribution in [0, 0.1) is 0 Å². The minimum Gasteiger partial charge on any atom is -0.489 e. The molecule has 5 heteroatoms. The molecule has 16 heavy (non-hydrogen) atoms. The first-order chi connectivity index (χ1) is 7.74. The molecule has 0 fully saturated rings. The molecule has 0 heterocycles. The number of ether oxygens (including phenoxy) is 2. The van der Waals surface area contributed by atoms with Crippen LogP contribution in [-0.4, -0.2) is 24.9 Å². The first-order valence-corrected chi connectivity index (χ1v) is 5.51. The van der Waals surface area contributed by atoms with Gasteiger partial charge in [0.1, 0.15) is 12.4 Å². The number of nitrogens with two attached hydrogens (primary N) is 1. The molecule has 0 aliphatic carbocycles. The summed E-state index contributed by atoms with van der Waals surface area (Å²) in [5.74, 6) is 0.718. The summed E-state index contributed by atoms with van der Waals surface area (Å²) in [6.07, 6.45) is 0. The zero-order valence-corrected chi connectivity index (χ0v) is 10.0. The van der Waals surface area contributed by atoms with Gasteiger partial charge in [0.25, 0.3) is 0 Å². The van der Waals surface area contributed by atoms with Crippen molar-refractivity contribution in [1.29, 1.82) is 0 Å². The molecule has 0 aliphatic rings. The topological polar surface area (TPSA) is 56.5 Å². The lowest BCUT2D eigenvalue weighted by molar-refractivity contribution is 0.110. The summed E-state index contributed by atoms with van der Waals surface area (Å²) in [6, 6.07) is 7.48. The van der Waals surface area contributed by atoms with Crippen LogP contribution in [0.3, 0.4) is 0 Å². The van der Waals surface area contributed by atoms with Crippen LogP contribution in [0.15, 0.2) is 24.3 Å². The Hall–Kier alpha value is -1.33. The fourth-order valence-electron chi connectivity index (χ4n) is 1.18. The predicted molar refractivity (Wildman–Crippen MR) is 68.8 cm³/mol. The molecule has 0 unspecified atom stereocenters. The van der Waals surface area contributed by atoms with Gasteiger partial charge in [0.15, 0.2) is 5.11 Å². The number of benzene rings is 1. The predicted octanol–water partition coefficient (Wildman–Crippen LogP) is 1.76. The Bertz CT molecular complexity index is 345. The van der Waals surface area contributed by atoms with E-state index in [1.807, 2.05) is 31.2 Å². The molecule has 4 nitrogen and oxygen atoms in total. The zero-order valence-electron chi connectivity index (χ0n) is 9.23. The van der Waals surface area contributed by atoms with Gasteiger partial charge in [-0.15, -0.1) is 0 Å². The molecule has 0 amide bonds. The van der Waals surface area contributed by atoms with E-state index >= 15 is 0 Å². The summed E-state index contributed by atoms with van der Waals surface area (Å²) in [7, 11) is 0. The highest BCUT2D eigenvalue weighted by molar-refractivity contribution is 7.80. The lowest BCUT2D eigenvalue weighted by Crippen LogP contribution is -2.19. The number of anilines is 1. The zero-order chi connectivity index (χ0) is 11.8. The van der Waals surface area contributed by atoms with Crippen LogP contribution < -0.4 is 15.8 Å². The van der Waals surface area contributed by atoms with E-state index in [1.165, 1.54) is 0 Å². The Kier molecular flexibility index (Phi) is 5.60. The second kappa shape index (κ2) is 7.03. The van der Waals surface area contributed by atoms with Crippen molar-refractivity contribution in [1.82, 2.24) is 0 Å². The lowest BCUT2D eigenvalue weighted by Gasteiger charge is -2.11. The van der Waals surface area contributed by atoms with Crippen molar-refractivity contribution in [3.8, 4) is 5.75 Å². The maximum absolute atomic E-state index is 5.54. The monoisotopic (exact) mass is 240 g/mol. The number of thiocarbonyl (C=S) groups is 1. The molecule has 1 aromatic rings. The van der Waals surface area contributed by atoms with Crippen molar-refractivity contribution in [2.75, 3.05) is 25.1 Å². The third-order valence-corrected chi connectivity index (χ3v) is 1.94. The number of nitrogens with one attached hydrogen (secondary N) is 1. The van der Waals surface area contributed by atoms with Crippen LogP contribution in [0.5, 0.6) is 5.75 Å². The largest absolute Gasteiger partial charge is 0.489 e. The molecule has 0 atom stereocenters. The third kappa shape index (κ3) is 4.46. The van der Waals surface area contributed by atoms with Gasteiger partial charge < -0.3 is 20.5 Å². The summed E-state index contributed by atoms with van der Waals surface area (Å²) in [4.78, 5) is 0. The molecule has 0 radical (unpaired) electrons. The summed E-state index contributed by atoms with van der Waals surface area (Å²) < 4.78 is 10.7. The number of rotatable bonds is 6. The fourth-order valence-corrected chi connectivity index (χ4v) is 1.29. The third-order valence-electron chi connectivity index (χ3n) is 1.83.